The predicted octanol–water partition coefficient (Wildman–Crippen LogP) is 2.75. The highest BCUT2D eigenvalue weighted by Gasteiger charge is 2.22. The maximum absolute atomic E-state index is 13.1. The molecule has 5 heteroatoms. The van der Waals surface area contributed by atoms with Crippen LogP contribution in [-0.4, -0.2) is 24.6 Å². The van der Waals surface area contributed by atoms with E-state index in [0.29, 0.717) is 17.7 Å². The van der Waals surface area contributed by atoms with Gasteiger partial charge in [0.05, 0.1) is 7.11 Å². The highest BCUT2D eigenvalue weighted by atomic mass is 32.2. The number of halogens is 1. The Morgan fingerprint density at radius 1 is 1.44 bits per heavy atom. The summed E-state index contributed by atoms with van der Waals surface area (Å²) >= 11 is 1.28. The van der Waals surface area contributed by atoms with Crippen LogP contribution in [0.1, 0.15) is 24.2 Å². The Balaban J connectivity index is 2.78. The minimum atomic E-state index is -0.593. The summed E-state index contributed by atoms with van der Waals surface area (Å²) in [5.41, 5.74) is 0.551. The maximum atomic E-state index is 13.1. The van der Waals surface area contributed by atoms with Crippen LogP contribution in [0, 0.1) is 5.82 Å². The van der Waals surface area contributed by atoms with Gasteiger partial charge in [-0.3, -0.25) is 9.59 Å². The van der Waals surface area contributed by atoms with E-state index in [9.17, 15) is 14.0 Å². The van der Waals surface area contributed by atoms with Crippen molar-refractivity contribution in [2.75, 3.05) is 12.9 Å². The molecule has 1 atom stereocenters. The third-order valence-electron chi connectivity index (χ3n) is 2.31. The van der Waals surface area contributed by atoms with Crippen LogP contribution in [0.2, 0.25) is 0 Å². The normalized spacial score (nSPS) is 11.9. The second-order valence-electron chi connectivity index (χ2n) is 3.78. The van der Waals surface area contributed by atoms with Crippen LogP contribution in [0.3, 0.4) is 0 Å². The molecule has 0 fully saturated rings. The lowest BCUT2D eigenvalue weighted by molar-refractivity contribution is -0.140. The fourth-order valence-corrected chi connectivity index (χ4v) is 2.61. The maximum Gasteiger partial charge on any atom is 0.323 e. The number of ketones is 1. The molecule has 1 rings (SSSR count). The molecule has 1 unspecified atom stereocenters. The Morgan fingerprint density at radius 3 is 2.72 bits per heavy atom. The number of rotatable bonds is 6. The first-order valence-corrected chi connectivity index (χ1v) is 6.54. The first-order valence-electron chi connectivity index (χ1n) is 5.49. The van der Waals surface area contributed by atoms with Crippen molar-refractivity contribution in [2.45, 2.75) is 18.6 Å². The molecule has 0 N–H and O–H groups in total. The topological polar surface area (TPSA) is 43.4 Å². The fourth-order valence-electron chi connectivity index (χ4n) is 1.40. The number of hydrogen-bond donors (Lipinski definition) is 0. The summed E-state index contributed by atoms with van der Waals surface area (Å²) in [5, 5.41) is -0.593. The zero-order valence-electron chi connectivity index (χ0n) is 10.3. The van der Waals surface area contributed by atoms with Crippen LogP contribution in [0.25, 0.3) is 0 Å². The van der Waals surface area contributed by atoms with Crippen LogP contribution in [-0.2, 0) is 14.3 Å². The quantitative estimate of drug-likeness (QED) is 0.745. The van der Waals surface area contributed by atoms with E-state index in [1.165, 1.54) is 37.9 Å². The number of esters is 1. The number of ether oxygens (including phenoxy) is 1. The average Bonchev–Trinajstić information content (AvgIpc) is 2.33. The van der Waals surface area contributed by atoms with E-state index in [0.717, 1.165) is 0 Å². The smallest absolute Gasteiger partial charge is 0.323 e. The molecule has 0 saturated heterocycles. The van der Waals surface area contributed by atoms with E-state index in [4.69, 9.17) is 4.74 Å². The Kier molecular flexibility index (Phi) is 5.85. The number of benzene rings is 1. The summed E-state index contributed by atoms with van der Waals surface area (Å²) in [6, 6.07) is 5.85. The number of Topliss-reactive ketones (excluding diaryl/α,β-unsaturated/α-hetero) is 1. The van der Waals surface area contributed by atoms with Crippen molar-refractivity contribution >= 4 is 23.5 Å². The lowest BCUT2D eigenvalue weighted by Gasteiger charge is -2.14. The molecule has 98 valence electrons. The van der Waals surface area contributed by atoms with Crippen molar-refractivity contribution in [1.82, 2.24) is 0 Å². The summed E-state index contributed by atoms with van der Waals surface area (Å²) in [5.74, 6) is -0.265. The van der Waals surface area contributed by atoms with Gasteiger partial charge >= 0.3 is 5.97 Å². The molecule has 0 aromatic heterocycles. The van der Waals surface area contributed by atoms with Crippen LogP contribution in [0.15, 0.2) is 24.3 Å². The number of carbonyl (C=O) groups is 2. The first kappa shape index (κ1) is 14.7. The van der Waals surface area contributed by atoms with Crippen LogP contribution in [0.5, 0.6) is 0 Å². The fraction of sp³-hybridized carbons (Fsp3) is 0.385. The summed E-state index contributed by atoms with van der Waals surface area (Å²) in [6.07, 6.45) is 0.382. The molecule has 1 aromatic rings. The third-order valence-corrected chi connectivity index (χ3v) is 3.54. The van der Waals surface area contributed by atoms with Crippen LogP contribution in [0.4, 0.5) is 4.39 Å². The number of hydrogen-bond acceptors (Lipinski definition) is 4. The Bertz CT molecular complexity index is 434. The van der Waals surface area contributed by atoms with Gasteiger partial charge in [-0.15, -0.1) is 11.8 Å². The van der Waals surface area contributed by atoms with Crippen molar-refractivity contribution < 1.29 is 18.7 Å². The number of carbonyl (C=O) groups excluding carboxylic acids is 2. The van der Waals surface area contributed by atoms with Gasteiger partial charge in [-0.2, -0.15) is 0 Å². The SMILES string of the molecule is COC(=O)C(SCCC(C)=O)c1cccc(F)c1. The molecule has 0 spiro atoms. The second kappa shape index (κ2) is 7.16. The van der Waals surface area contributed by atoms with E-state index < -0.39 is 17.0 Å². The Labute approximate surface area is 110 Å². The van der Waals surface area contributed by atoms with Gasteiger partial charge in [0, 0.05) is 12.2 Å². The lowest BCUT2D eigenvalue weighted by atomic mass is 10.1. The van der Waals surface area contributed by atoms with Crippen LogP contribution >= 0.6 is 11.8 Å². The molecule has 0 amide bonds. The van der Waals surface area contributed by atoms with Crippen molar-refractivity contribution in [3.63, 3.8) is 0 Å². The highest BCUT2D eigenvalue weighted by Crippen LogP contribution is 2.30. The zero-order valence-corrected chi connectivity index (χ0v) is 11.1. The molecule has 1 aromatic carbocycles. The minimum Gasteiger partial charge on any atom is -0.468 e. The van der Waals surface area contributed by atoms with Gasteiger partial charge in [0.25, 0.3) is 0 Å². The summed E-state index contributed by atoms with van der Waals surface area (Å²) in [6.45, 7) is 1.50. The molecule has 0 heterocycles. The molecule has 0 saturated carbocycles. The van der Waals surface area contributed by atoms with Crippen molar-refractivity contribution in [3.05, 3.63) is 35.6 Å². The van der Waals surface area contributed by atoms with E-state index >= 15 is 0 Å². The van der Waals surface area contributed by atoms with E-state index in [2.05, 4.69) is 0 Å². The summed E-state index contributed by atoms with van der Waals surface area (Å²) < 4.78 is 17.8. The van der Waals surface area contributed by atoms with Gasteiger partial charge in [0.1, 0.15) is 16.9 Å². The van der Waals surface area contributed by atoms with Gasteiger partial charge in [0.2, 0.25) is 0 Å². The lowest BCUT2D eigenvalue weighted by Crippen LogP contribution is -2.12. The summed E-state index contributed by atoms with van der Waals surface area (Å²) in [7, 11) is 1.29. The molecule has 0 radical (unpaired) electrons. The molecule has 18 heavy (non-hydrogen) atoms. The molecule has 0 aliphatic carbocycles. The van der Waals surface area contributed by atoms with Crippen molar-refractivity contribution in [3.8, 4) is 0 Å². The molecule has 0 bridgehead atoms. The zero-order chi connectivity index (χ0) is 13.5. The average molecular weight is 270 g/mol. The second-order valence-corrected chi connectivity index (χ2v) is 4.99. The molecule has 0 aliphatic rings. The van der Waals surface area contributed by atoms with Gasteiger partial charge in [-0.25, -0.2) is 4.39 Å². The van der Waals surface area contributed by atoms with Gasteiger partial charge in [0.15, 0.2) is 0 Å². The monoisotopic (exact) mass is 270 g/mol. The van der Waals surface area contributed by atoms with Crippen molar-refractivity contribution in [2.24, 2.45) is 0 Å². The van der Waals surface area contributed by atoms with E-state index in [1.54, 1.807) is 12.1 Å². The minimum absolute atomic E-state index is 0.0605. The van der Waals surface area contributed by atoms with Crippen LogP contribution < -0.4 is 0 Å². The number of thioether (sulfide) groups is 1. The third kappa shape index (κ3) is 4.49. The number of methoxy groups -OCH3 is 1. The largest absolute Gasteiger partial charge is 0.468 e. The molecular weight excluding hydrogens is 255 g/mol. The van der Waals surface area contributed by atoms with Crippen molar-refractivity contribution in [1.29, 1.82) is 0 Å². The van der Waals surface area contributed by atoms with Gasteiger partial charge in [-0.05, 0) is 24.6 Å². The highest BCUT2D eigenvalue weighted by molar-refractivity contribution is 8.00. The van der Waals surface area contributed by atoms with Gasteiger partial charge in [-0.1, -0.05) is 12.1 Å². The van der Waals surface area contributed by atoms with E-state index in [-0.39, 0.29) is 5.78 Å². The van der Waals surface area contributed by atoms with E-state index in [1.807, 2.05) is 0 Å². The van der Waals surface area contributed by atoms with Gasteiger partial charge < -0.3 is 4.74 Å². The molecular formula is C13H15FO3S. The predicted molar refractivity (Wildman–Crippen MR) is 68.9 cm³/mol. The standard InChI is InChI=1S/C13H15FO3S/c1-9(15)6-7-18-12(13(16)17-2)10-4-3-5-11(14)8-10/h3-5,8,12H,6-7H2,1-2H3. The molecule has 3 nitrogen and oxygen atoms in total. The Morgan fingerprint density at radius 2 is 2.17 bits per heavy atom. The first-order chi connectivity index (χ1) is 8.54. The Hall–Kier alpha value is -1.36. The summed E-state index contributed by atoms with van der Waals surface area (Å²) in [4.78, 5) is 22.5. The molecule has 0 aliphatic heterocycles.